The molecule has 0 bridgehead atoms. The van der Waals surface area contributed by atoms with Crippen molar-refractivity contribution in [2.75, 3.05) is 70.0 Å². The number of amides is 11. The number of likely N-dealkylation sites (N-methyl/N-ethyl adjacent to an activating group) is 8. The lowest BCUT2D eigenvalue weighted by Crippen LogP contribution is -2.63. The number of nitrogens with one attached hydrogen (secondary N) is 3. The van der Waals surface area contributed by atoms with E-state index in [1.54, 1.807) is 93.5 Å². The van der Waals surface area contributed by atoms with Gasteiger partial charge >= 0.3 is 18.0 Å². The Kier molecular flexibility index (Phi) is 33.1. The van der Waals surface area contributed by atoms with Gasteiger partial charge in [-0.2, -0.15) is 0 Å². The molecule has 28 heteroatoms. The van der Waals surface area contributed by atoms with Crippen LogP contribution >= 0.6 is 0 Å². The fourth-order valence-corrected chi connectivity index (χ4v) is 11.5. The van der Waals surface area contributed by atoms with Gasteiger partial charge in [0.2, 0.25) is 53.2 Å². The van der Waals surface area contributed by atoms with Gasteiger partial charge < -0.3 is 74.1 Å². The highest BCUT2D eigenvalue weighted by Crippen LogP contribution is 2.26. The van der Waals surface area contributed by atoms with E-state index in [4.69, 9.17) is 18.9 Å². The lowest BCUT2D eigenvalue weighted by atomic mass is 9.95. The molecule has 2 rings (SSSR count). The number of benzene rings is 1. The summed E-state index contributed by atoms with van der Waals surface area (Å²) in [6.07, 6.45) is -3.53. The highest BCUT2D eigenvalue weighted by molar-refractivity contribution is 5.99. The minimum Gasteiger partial charge on any atom is -0.497 e. The van der Waals surface area contributed by atoms with E-state index in [0.717, 1.165) is 24.5 Å². The summed E-state index contributed by atoms with van der Waals surface area (Å²) in [5.74, 6) is -10.9. The number of rotatable bonds is 23. The summed E-state index contributed by atoms with van der Waals surface area (Å²) in [4.78, 5) is 197. The molecule has 13 atom stereocenters. The number of esters is 2. The lowest BCUT2D eigenvalue weighted by Gasteiger charge is -2.41. The predicted octanol–water partition coefficient (Wildman–Crippen LogP) is 4.13. The fraction of sp³-hybridized carbons (Fsp3) is 0.729. The largest absolute Gasteiger partial charge is 0.497 e. The summed E-state index contributed by atoms with van der Waals surface area (Å²) in [7, 11) is 12.3. The first kappa shape index (κ1) is 86.0. The van der Waals surface area contributed by atoms with Crippen LogP contribution in [0.15, 0.2) is 24.3 Å². The van der Waals surface area contributed by atoms with E-state index in [9.17, 15) is 52.7 Å². The van der Waals surface area contributed by atoms with Crippen molar-refractivity contribution in [3.8, 4) is 5.75 Å². The molecule has 0 unspecified atom stereocenters. The van der Waals surface area contributed by atoms with Gasteiger partial charge in [-0.1, -0.05) is 87.8 Å². The Morgan fingerprint density at radius 3 is 1.71 bits per heavy atom. The van der Waals surface area contributed by atoms with Crippen molar-refractivity contribution in [2.24, 2.45) is 29.6 Å². The van der Waals surface area contributed by atoms with E-state index in [2.05, 4.69) is 16.0 Å². The molecule has 1 aromatic rings. The Hall–Kier alpha value is -8.07. The number of carbonyl (C=O) groups excluding carboxylic acids is 13. The van der Waals surface area contributed by atoms with Gasteiger partial charge in [0.25, 0.3) is 5.91 Å². The number of nitrogens with zero attached hydrogens (tertiary/aromatic N) is 8. The molecule has 11 amide bonds. The molecule has 3 N–H and O–H groups in total. The Labute approximate surface area is 581 Å². The van der Waals surface area contributed by atoms with E-state index in [0.29, 0.717) is 17.7 Å². The van der Waals surface area contributed by atoms with Gasteiger partial charge in [-0.3, -0.25) is 47.9 Å². The number of ether oxygens (including phenoxy) is 4. The Bertz CT molecular complexity index is 2950. The summed E-state index contributed by atoms with van der Waals surface area (Å²) in [6, 6.07) is -6.64. The molecule has 1 aliphatic heterocycles. The molecule has 1 heterocycles. The quantitative estimate of drug-likeness (QED) is 0.102. The molecule has 1 aliphatic rings. The number of methoxy groups -OCH3 is 1. The zero-order valence-electron chi connectivity index (χ0n) is 63.4. The molecular weight excluding hydrogens is 1270 g/mol. The lowest BCUT2D eigenvalue weighted by molar-refractivity contribution is -0.171. The van der Waals surface area contributed by atoms with Gasteiger partial charge in [-0.15, -0.1) is 0 Å². The van der Waals surface area contributed by atoms with Crippen LogP contribution in [0.1, 0.15) is 156 Å². The van der Waals surface area contributed by atoms with Gasteiger partial charge in [-0.25, -0.2) is 14.4 Å². The van der Waals surface area contributed by atoms with Crippen LogP contribution < -0.4 is 20.7 Å². The van der Waals surface area contributed by atoms with E-state index in [1.807, 2.05) is 20.8 Å². The van der Waals surface area contributed by atoms with E-state index in [1.165, 1.54) is 113 Å². The summed E-state index contributed by atoms with van der Waals surface area (Å²) in [5, 5.41) is 8.14. The predicted molar refractivity (Wildman–Crippen MR) is 368 cm³/mol. The maximum atomic E-state index is 15.5. The first-order valence-electron chi connectivity index (χ1n) is 33.9. The van der Waals surface area contributed by atoms with Gasteiger partial charge in [0.15, 0.2) is 6.10 Å². The van der Waals surface area contributed by atoms with E-state index < -0.39 is 173 Å². The molecule has 0 aliphatic carbocycles. The number of carbonyl (C=O) groups is 13. The van der Waals surface area contributed by atoms with Gasteiger partial charge in [-0.05, 0) is 116 Å². The zero-order valence-corrected chi connectivity index (χ0v) is 63.4. The van der Waals surface area contributed by atoms with Crippen LogP contribution in [-0.2, 0) is 78.2 Å². The first-order chi connectivity index (χ1) is 45.2. The third kappa shape index (κ3) is 23.3. The zero-order chi connectivity index (χ0) is 75.6. The van der Waals surface area contributed by atoms with Crippen LogP contribution in [0.3, 0.4) is 0 Å². The van der Waals surface area contributed by atoms with Crippen LogP contribution in [0, 0.1) is 29.6 Å². The summed E-state index contributed by atoms with van der Waals surface area (Å²) in [5.41, 5.74) is -0.180. The maximum Gasteiger partial charge on any atom is 0.407 e. The SMILES string of the molecule is CC[C@H](C)[C@H]1C(=O)N[C@@H](C)C(=O)N(C)[C@@H](CC(C)C)C(=O)N[C@@H](Cc2ccc(OC)cc2)C(=O)N(C)[C@H](C)C(=O)O[C@H](C)[C@H](N(C)C(=O)[C@H](CC(C)C)N(C)C(=O)[C@H](C)N(C)C(=O)[C@H](OC(=O)[C@H](C(C)C)N(C)C(=O)CCNC(=O)OC(C)(C)C)C(C)C)C(=O)N(C)[C@@H](C)C(=O)N1C. The molecule has 0 radical (unpaired) electrons. The Morgan fingerprint density at radius 2 is 1.21 bits per heavy atom. The van der Waals surface area contributed by atoms with Crippen molar-refractivity contribution in [3.05, 3.63) is 29.8 Å². The van der Waals surface area contributed by atoms with E-state index >= 15 is 9.59 Å². The summed E-state index contributed by atoms with van der Waals surface area (Å²) >= 11 is 0. The number of hydrogen-bond acceptors (Lipinski definition) is 17. The molecule has 1 saturated heterocycles. The van der Waals surface area contributed by atoms with Gasteiger partial charge in [0, 0.05) is 75.8 Å². The Morgan fingerprint density at radius 1 is 0.653 bits per heavy atom. The second-order valence-electron chi connectivity index (χ2n) is 28.7. The third-order valence-corrected chi connectivity index (χ3v) is 18.2. The van der Waals surface area contributed by atoms with Crippen molar-refractivity contribution in [1.82, 2.24) is 55.1 Å². The van der Waals surface area contributed by atoms with Crippen LogP contribution in [0.5, 0.6) is 5.75 Å². The standard InChI is InChI=1S/C70H117N11O17/c1-28-42(10)55-59(84)72-43(11)60(85)77(22)51(35-38(2)3)58(83)73-50(37-48-29-31-49(95-27)32-30-48)63(88)76(21)46(14)67(92)96-47(15)56(65(90)74(19)45(13)62(87)80(55)25)81(26)64(89)52(36-39(4)5)78(23)61(86)44(12)75(20)66(91)57(41(8)9)97-68(93)54(40(6)7)79(24)53(82)33-34-71-69(94)98-70(16,17)18/h29-32,38-47,50-52,54-57H,28,33-37H2,1-27H3,(H,71,94)(H,72,84)(H,73,83)/t42-,43-,44-,45-,46+,47+,50-,51-,52-,54-,55-,56-,57+/m0/s1. The molecule has 0 spiro atoms. The molecule has 0 saturated carbocycles. The average Bonchev–Trinajstić information content (AvgIpc) is 0.807. The first-order valence-corrected chi connectivity index (χ1v) is 33.9. The van der Waals surface area contributed by atoms with Crippen molar-refractivity contribution < 1.29 is 81.3 Å². The van der Waals surface area contributed by atoms with Crippen molar-refractivity contribution >= 4 is 77.1 Å². The molecule has 1 aromatic carbocycles. The van der Waals surface area contributed by atoms with Crippen LogP contribution in [0.4, 0.5) is 4.79 Å². The second-order valence-corrected chi connectivity index (χ2v) is 28.7. The Balaban J connectivity index is 2.82. The molecule has 554 valence electrons. The van der Waals surface area contributed by atoms with E-state index in [-0.39, 0.29) is 44.1 Å². The smallest absolute Gasteiger partial charge is 0.407 e. The fourth-order valence-electron chi connectivity index (χ4n) is 11.5. The van der Waals surface area contributed by atoms with Gasteiger partial charge in [0.1, 0.15) is 77.9 Å². The highest BCUT2D eigenvalue weighted by Gasteiger charge is 2.47. The van der Waals surface area contributed by atoms with Crippen molar-refractivity contribution in [3.63, 3.8) is 0 Å². The number of alkyl carbamates (subject to hydrolysis) is 1. The second kappa shape index (κ2) is 37.8. The van der Waals surface area contributed by atoms with Crippen LogP contribution in [0.2, 0.25) is 0 Å². The topological polar surface area (TPSA) is 321 Å². The highest BCUT2D eigenvalue weighted by atomic mass is 16.6. The van der Waals surface area contributed by atoms with Crippen LogP contribution in [0.25, 0.3) is 0 Å². The van der Waals surface area contributed by atoms with Crippen molar-refractivity contribution in [1.29, 1.82) is 0 Å². The average molecular weight is 1380 g/mol. The monoisotopic (exact) mass is 1380 g/mol. The molecule has 1 fully saturated rings. The van der Waals surface area contributed by atoms with Crippen molar-refractivity contribution in [2.45, 2.75) is 235 Å². The minimum atomic E-state index is -1.76. The molecule has 28 nitrogen and oxygen atoms in total. The van der Waals surface area contributed by atoms with Crippen LogP contribution in [-0.4, -0.2) is 265 Å². The molecular formula is C70H117N11O17. The van der Waals surface area contributed by atoms with Gasteiger partial charge in [0.05, 0.1) is 7.11 Å². The summed E-state index contributed by atoms with van der Waals surface area (Å²) < 4.78 is 22.6. The summed E-state index contributed by atoms with van der Waals surface area (Å²) in [6.45, 7) is 29.5. The number of cyclic esters (lactones) is 1. The minimum absolute atomic E-state index is 0.0114. The third-order valence-electron chi connectivity index (χ3n) is 18.2. The molecule has 0 aromatic heterocycles. The molecule has 98 heavy (non-hydrogen) atoms. The normalized spacial score (nSPS) is 22.4. The number of hydrogen-bond donors (Lipinski definition) is 3. The maximum absolute atomic E-state index is 15.5.